The second-order valence-electron chi connectivity index (χ2n) is 5.65. The number of ether oxygens (including phenoxy) is 2. The summed E-state index contributed by atoms with van der Waals surface area (Å²) in [5, 5.41) is 4.80. The highest BCUT2D eigenvalue weighted by molar-refractivity contribution is 5.93. The van der Waals surface area contributed by atoms with Crippen LogP contribution in [0.4, 0.5) is 5.69 Å². The van der Waals surface area contributed by atoms with E-state index in [9.17, 15) is 0 Å². The first-order chi connectivity index (χ1) is 10.2. The predicted molar refractivity (Wildman–Crippen MR) is 84.9 cm³/mol. The SMILES string of the molecule is CO[C@H]1COCC[C@@H]1Nc1ccnc2c(C)c(C)ccc12. The fourth-order valence-electron chi connectivity index (χ4n) is 2.90. The van der Waals surface area contributed by atoms with Crippen LogP contribution in [0, 0.1) is 13.8 Å². The Labute approximate surface area is 125 Å². The van der Waals surface area contributed by atoms with Crippen LogP contribution in [-0.4, -0.2) is 37.5 Å². The van der Waals surface area contributed by atoms with Gasteiger partial charge in [-0.3, -0.25) is 4.98 Å². The van der Waals surface area contributed by atoms with Crippen LogP contribution in [0.1, 0.15) is 17.5 Å². The zero-order valence-electron chi connectivity index (χ0n) is 12.8. The smallest absolute Gasteiger partial charge is 0.101 e. The largest absolute Gasteiger partial charge is 0.379 e. The lowest BCUT2D eigenvalue weighted by Crippen LogP contribution is -2.43. The van der Waals surface area contributed by atoms with E-state index in [1.165, 1.54) is 16.5 Å². The molecule has 21 heavy (non-hydrogen) atoms. The molecule has 0 amide bonds. The molecule has 1 aromatic carbocycles. The van der Waals surface area contributed by atoms with E-state index in [2.05, 4.69) is 36.3 Å². The van der Waals surface area contributed by atoms with E-state index in [4.69, 9.17) is 9.47 Å². The molecule has 2 atom stereocenters. The Morgan fingerprint density at radius 2 is 2.14 bits per heavy atom. The molecule has 0 saturated carbocycles. The Morgan fingerprint density at radius 1 is 1.29 bits per heavy atom. The number of fused-ring (bicyclic) bond motifs is 1. The van der Waals surface area contributed by atoms with Gasteiger partial charge in [0.1, 0.15) is 6.10 Å². The summed E-state index contributed by atoms with van der Waals surface area (Å²) in [6, 6.07) is 6.62. The summed E-state index contributed by atoms with van der Waals surface area (Å²) >= 11 is 0. The number of aromatic nitrogens is 1. The Hall–Kier alpha value is -1.65. The summed E-state index contributed by atoms with van der Waals surface area (Å²) in [5.74, 6) is 0. The molecule has 0 aliphatic carbocycles. The minimum atomic E-state index is 0.0912. The molecule has 112 valence electrons. The van der Waals surface area contributed by atoms with E-state index in [1.54, 1.807) is 7.11 Å². The molecule has 0 bridgehead atoms. The highest BCUT2D eigenvalue weighted by Crippen LogP contribution is 2.27. The molecule has 1 aliphatic rings. The average Bonchev–Trinajstić information content (AvgIpc) is 2.52. The van der Waals surface area contributed by atoms with E-state index < -0.39 is 0 Å². The van der Waals surface area contributed by atoms with Crippen LogP contribution in [0.25, 0.3) is 10.9 Å². The van der Waals surface area contributed by atoms with Crippen LogP contribution >= 0.6 is 0 Å². The maximum Gasteiger partial charge on any atom is 0.101 e. The molecule has 2 aromatic rings. The molecule has 1 aromatic heterocycles. The number of benzene rings is 1. The Bertz CT molecular complexity index is 642. The van der Waals surface area contributed by atoms with Crippen molar-refractivity contribution < 1.29 is 9.47 Å². The van der Waals surface area contributed by atoms with Gasteiger partial charge in [0.05, 0.1) is 18.2 Å². The predicted octanol–water partition coefficient (Wildman–Crippen LogP) is 3.07. The zero-order chi connectivity index (χ0) is 14.8. The summed E-state index contributed by atoms with van der Waals surface area (Å²) < 4.78 is 11.0. The molecule has 0 spiro atoms. The Balaban J connectivity index is 1.95. The molecule has 1 saturated heterocycles. The van der Waals surface area contributed by atoms with Crippen molar-refractivity contribution >= 4 is 16.6 Å². The van der Waals surface area contributed by atoms with E-state index >= 15 is 0 Å². The lowest BCUT2D eigenvalue weighted by atomic mass is 10.0. The van der Waals surface area contributed by atoms with Crippen molar-refractivity contribution in [3.63, 3.8) is 0 Å². The third-order valence-electron chi connectivity index (χ3n) is 4.38. The normalized spacial score (nSPS) is 22.4. The van der Waals surface area contributed by atoms with Gasteiger partial charge in [-0.2, -0.15) is 0 Å². The molecule has 3 rings (SSSR count). The van der Waals surface area contributed by atoms with Crippen LogP contribution in [0.5, 0.6) is 0 Å². The van der Waals surface area contributed by atoms with Gasteiger partial charge in [0.2, 0.25) is 0 Å². The van der Waals surface area contributed by atoms with Gasteiger partial charge in [-0.15, -0.1) is 0 Å². The van der Waals surface area contributed by atoms with Crippen LogP contribution in [0.15, 0.2) is 24.4 Å². The third-order valence-corrected chi connectivity index (χ3v) is 4.38. The lowest BCUT2D eigenvalue weighted by molar-refractivity contribution is -0.0366. The summed E-state index contributed by atoms with van der Waals surface area (Å²) in [6.07, 6.45) is 2.92. The molecule has 1 fully saturated rings. The van der Waals surface area contributed by atoms with Crippen LogP contribution < -0.4 is 5.32 Å². The zero-order valence-corrected chi connectivity index (χ0v) is 12.8. The van der Waals surface area contributed by atoms with E-state index in [-0.39, 0.29) is 12.1 Å². The Kier molecular flexibility index (Phi) is 4.08. The monoisotopic (exact) mass is 286 g/mol. The fourth-order valence-corrected chi connectivity index (χ4v) is 2.90. The maximum absolute atomic E-state index is 5.53. The highest BCUT2D eigenvalue weighted by Gasteiger charge is 2.25. The number of hydrogen-bond donors (Lipinski definition) is 1. The highest BCUT2D eigenvalue weighted by atomic mass is 16.5. The average molecular weight is 286 g/mol. The fraction of sp³-hybridized carbons (Fsp3) is 0.471. The standard InChI is InChI=1S/C17H22N2O2/c1-11-4-5-13-14(6-8-18-17(13)12(11)2)19-15-7-9-21-10-16(15)20-3/h4-6,8,15-16H,7,9-10H2,1-3H3,(H,18,19)/t15-,16-/m0/s1. The molecular weight excluding hydrogens is 264 g/mol. The first kappa shape index (κ1) is 14.3. The van der Waals surface area contributed by atoms with E-state index in [1.807, 2.05) is 12.3 Å². The van der Waals surface area contributed by atoms with Crippen molar-refractivity contribution in [3.05, 3.63) is 35.5 Å². The Morgan fingerprint density at radius 3 is 2.95 bits per heavy atom. The van der Waals surface area contributed by atoms with Gasteiger partial charge in [0.15, 0.2) is 0 Å². The van der Waals surface area contributed by atoms with Gasteiger partial charge >= 0.3 is 0 Å². The summed E-state index contributed by atoms with van der Waals surface area (Å²) in [7, 11) is 1.74. The first-order valence-corrected chi connectivity index (χ1v) is 7.42. The molecule has 0 unspecified atom stereocenters. The van der Waals surface area contributed by atoms with Gasteiger partial charge in [-0.05, 0) is 37.5 Å². The molecule has 4 heteroatoms. The number of nitrogens with one attached hydrogen (secondary N) is 1. The van der Waals surface area contributed by atoms with Crippen molar-refractivity contribution in [2.75, 3.05) is 25.6 Å². The second-order valence-corrected chi connectivity index (χ2v) is 5.65. The van der Waals surface area contributed by atoms with Crippen LogP contribution in [-0.2, 0) is 9.47 Å². The number of hydrogen-bond acceptors (Lipinski definition) is 4. The summed E-state index contributed by atoms with van der Waals surface area (Å²) in [5.41, 5.74) is 4.71. The second kappa shape index (κ2) is 6.00. The summed E-state index contributed by atoms with van der Waals surface area (Å²) in [4.78, 5) is 4.54. The van der Waals surface area contributed by atoms with Crippen molar-refractivity contribution in [1.82, 2.24) is 4.98 Å². The number of methoxy groups -OCH3 is 1. The first-order valence-electron chi connectivity index (χ1n) is 7.42. The quantitative estimate of drug-likeness (QED) is 0.941. The minimum Gasteiger partial charge on any atom is -0.379 e. The van der Waals surface area contributed by atoms with Crippen LogP contribution in [0.3, 0.4) is 0 Å². The maximum atomic E-state index is 5.53. The number of rotatable bonds is 3. The number of aryl methyl sites for hydroxylation is 2. The number of nitrogens with zero attached hydrogens (tertiary/aromatic N) is 1. The van der Waals surface area contributed by atoms with Gasteiger partial charge in [-0.1, -0.05) is 12.1 Å². The van der Waals surface area contributed by atoms with Gasteiger partial charge in [0.25, 0.3) is 0 Å². The third kappa shape index (κ3) is 2.74. The van der Waals surface area contributed by atoms with Gasteiger partial charge in [-0.25, -0.2) is 0 Å². The van der Waals surface area contributed by atoms with Crippen molar-refractivity contribution in [3.8, 4) is 0 Å². The van der Waals surface area contributed by atoms with Crippen molar-refractivity contribution in [1.29, 1.82) is 0 Å². The van der Waals surface area contributed by atoms with Gasteiger partial charge in [0, 0.05) is 31.0 Å². The number of anilines is 1. The molecule has 1 N–H and O–H groups in total. The van der Waals surface area contributed by atoms with E-state index in [0.29, 0.717) is 6.61 Å². The molecule has 4 nitrogen and oxygen atoms in total. The molecular formula is C17H22N2O2. The summed E-state index contributed by atoms with van der Waals surface area (Å²) in [6.45, 7) is 5.67. The van der Waals surface area contributed by atoms with E-state index in [0.717, 1.165) is 24.2 Å². The topological polar surface area (TPSA) is 43.4 Å². The molecule has 0 radical (unpaired) electrons. The lowest BCUT2D eigenvalue weighted by Gasteiger charge is -2.32. The van der Waals surface area contributed by atoms with Gasteiger partial charge < -0.3 is 14.8 Å². The molecule has 1 aliphatic heterocycles. The minimum absolute atomic E-state index is 0.0912. The van der Waals surface area contributed by atoms with Crippen molar-refractivity contribution in [2.45, 2.75) is 32.4 Å². The molecule has 2 heterocycles. The van der Waals surface area contributed by atoms with Crippen molar-refractivity contribution in [2.24, 2.45) is 0 Å². The number of pyridine rings is 1. The van der Waals surface area contributed by atoms with Crippen LogP contribution in [0.2, 0.25) is 0 Å².